The molecule has 30 heavy (non-hydrogen) atoms. The highest BCUT2D eigenvalue weighted by molar-refractivity contribution is 14.0. The number of pyridine rings is 1. The van der Waals surface area contributed by atoms with Crippen LogP contribution < -0.4 is 15.1 Å². The van der Waals surface area contributed by atoms with Crippen LogP contribution in [0.5, 0.6) is 0 Å². The Hall–Kier alpha value is -1.59. The first-order valence-corrected chi connectivity index (χ1v) is 11.2. The molecule has 4 rings (SSSR count). The highest BCUT2D eigenvalue weighted by Crippen LogP contribution is 2.22. The molecule has 0 bridgehead atoms. The first kappa shape index (κ1) is 23.1. The molecule has 0 aromatic carbocycles. The van der Waals surface area contributed by atoms with Crippen molar-refractivity contribution in [2.45, 2.75) is 6.54 Å². The number of piperazine rings is 2. The fraction of sp³-hybridized carbons (Fsp3) is 0.524. The summed E-state index contributed by atoms with van der Waals surface area (Å²) in [7, 11) is 4.04. The van der Waals surface area contributed by atoms with E-state index in [0.29, 0.717) is 0 Å². The Morgan fingerprint density at radius 1 is 1.03 bits per heavy atom. The molecule has 0 radical (unpaired) electrons. The van der Waals surface area contributed by atoms with Gasteiger partial charge in [0.2, 0.25) is 0 Å². The molecule has 2 fully saturated rings. The van der Waals surface area contributed by atoms with Gasteiger partial charge < -0.3 is 24.9 Å². The summed E-state index contributed by atoms with van der Waals surface area (Å²) in [6, 6.07) is 8.64. The van der Waals surface area contributed by atoms with Crippen molar-refractivity contribution in [3.05, 3.63) is 41.4 Å². The minimum Gasteiger partial charge on any atom is -0.360 e. The third kappa shape index (κ3) is 5.76. The van der Waals surface area contributed by atoms with Gasteiger partial charge in [-0.1, -0.05) is 6.07 Å². The second-order valence-corrected chi connectivity index (χ2v) is 8.57. The Balaban J connectivity index is 0.00000256. The highest BCUT2D eigenvalue weighted by Gasteiger charge is 2.20. The fourth-order valence-corrected chi connectivity index (χ4v) is 4.63. The molecule has 7 nitrogen and oxygen atoms in total. The van der Waals surface area contributed by atoms with Crippen molar-refractivity contribution in [1.29, 1.82) is 0 Å². The van der Waals surface area contributed by atoms with Crippen LogP contribution in [0, 0.1) is 0 Å². The number of aliphatic imine (C=N–C) groups is 1. The summed E-state index contributed by atoms with van der Waals surface area (Å²) in [5.41, 5.74) is 1.18. The normalized spacial score (nSPS) is 18.3. The lowest BCUT2D eigenvalue weighted by Gasteiger charge is -2.37. The summed E-state index contributed by atoms with van der Waals surface area (Å²) in [6.45, 7) is 9.06. The number of nitrogens with one attached hydrogen (secondary N) is 1. The fourth-order valence-electron chi connectivity index (χ4n) is 3.85. The number of rotatable bonds is 4. The Morgan fingerprint density at radius 3 is 2.37 bits per heavy atom. The van der Waals surface area contributed by atoms with Crippen LogP contribution in [0.3, 0.4) is 0 Å². The lowest BCUT2D eigenvalue weighted by molar-refractivity contribution is 0.312. The summed E-state index contributed by atoms with van der Waals surface area (Å²) >= 11 is 1.81. The van der Waals surface area contributed by atoms with Gasteiger partial charge in [0.15, 0.2) is 5.96 Å². The van der Waals surface area contributed by atoms with Crippen LogP contribution in [0.4, 0.5) is 10.8 Å². The zero-order valence-electron chi connectivity index (χ0n) is 17.8. The number of likely N-dealkylation sites (N-methyl/N-ethyl adjacent to an activating group) is 1. The number of nitrogens with zero attached hydrogens (tertiary/aromatic N) is 6. The third-order valence-corrected chi connectivity index (χ3v) is 6.62. The smallest absolute Gasteiger partial charge is 0.194 e. The van der Waals surface area contributed by atoms with Gasteiger partial charge in [-0.3, -0.25) is 4.99 Å². The lowest BCUT2D eigenvalue weighted by Crippen LogP contribution is -2.52. The number of thiophene rings is 1. The maximum atomic E-state index is 4.69. The zero-order chi connectivity index (χ0) is 20.1. The molecule has 0 aliphatic carbocycles. The van der Waals surface area contributed by atoms with Crippen molar-refractivity contribution in [1.82, 2.24) is 20.1 Å². The molecule has 2 aromatic rings. The summed E-state index contributed by atoms with van der Waals surface area (Å²) < 4.78 is 0. The van der Waals surface area contributed by atoms with Crippen LogP contribution in [0.1, 0.15) is 5.56 Å². The van der Waals surface area contributed by atoms with E-state index in [-0.39, 0.29) is 24.0 Å². The molecular weight excluding hydrogens is 509 g/mol. The van der Waals surface area contributed by atoms with E-state index in [1.165, 1.54) is 10.6 Å². The molecule has 1 N–H and O–H groups in total. The molecule has 2 aliphatic heterocycles. The van der Waals surface area contributed by atoms with Gasteiger partial charge in [-0.2, -0.15) is 0 Å². The van der Waals surface area contributed by atoms with Crippen molar-refractivity contribution in [3.63, 3.8) is 0 Å². The number of halogens is 1. The molecule has 0 spiro atoms. The summed E-state index contributed by atoms with van der Waals surface area (Å²) in [5.74, 6) is 2.05. The van der Waals surface area contributed by atoms with Crippen molar-refractivity contribution in [2.24, 2.45) is 4.99 Å². The van der Waals surface area contributed by atoms with Gasteiger partial charge in [0.05, 0.1) is 5.00 Å². The summed E-state index contributed by atoms with van der Waals surface area (Å²) in [6.07, 6.45) is 1.99. The zero-order valence-corrected chi connectivity index (χ0v) is 21.0. The van der Waals surface area contributed by atoms with Gasteiger partial charge >= 0.3 is 0 Å². The van der Waals surface area contributed by atoms with Crippen LogP contribution in [-0.4, -0.2) is 87.2 Å². The Kier molecular flexibility index (Phi) is 8.58. The number of guanidine groups is 1. The number of anilines is 2. The van der Waals surface area contributed by atoms with E-state index < -0.39 is 0 Å². The van der Waals surface area contributed by atoms with E-state index >= 15 is 0 Å². The molecular formula is C21H32IN7S. The van der Waals surface area contributed by atoms with E-state index in [4.69, 9.17) is 4.98 Å². The average molecular weight is 542 g/mol. The van der Waals surface area contributed by atoms with E-state index in [9.17, 15) is 0 Å². The molecule has 2 aromatic heterocycles. The van der Waals surface area contributed by atoms with Crippen molar-refractivity contribution in [3.8, 4) is 0 Å². The third-order valence-electron chi connectivity index (χ3n) is 5.70. The number of aromatic nitrogens is 1. The van der Waals surface area contributed by atoms with Crippen LogP contribution in [0.25, 0.3) is 0 Å². The van der Waals surface area contributed by atoms with Crippen LogP contribution in [-0.2, 0) is 6.54 Å². The minimum absolute atomic E-state index is 0. The molecule has 2 saturated heterocycles. The van der Waals surface area contributed by atoms with Crippen molar-refractivity contribution < 1.29 is 0 Å². The quantitative estimate of drug-likeness (QED) is 0.365. The van der Waals surface area contributed by atoms with Crippen LogP contribution in [0.15, 0.2) is 40.8 Å². The predicted octanol–water partition coefficient (Wildman–Crippen LogP) is 2.41. The van der Waals surface area contributed by atoms with Crippen molar-refractivity contribution >= 4 is 52.1 Å². The second-order valence-electron chi connectivity index (χ2n) is 7.64. The molecule has 2 aliphatic rings. The van der Waals surface area contributed by atoms with E-state index in [1.807, 2.05) is 24.6 Å². The Morgan fingerprint density at radius 2 is 1.77 bits per heavy atom. The SMILES string of the molecule is CN=C(NCc1ccc(N2CCN(C)CC2)nc1)N1CCN(c2cccs2)CC1.I. The maximum absolute atomic E-state index is 4.69. The lowest BCUT2D eigenvalue weighted by atomic mass is 10.2. The van der Waals surface area contributed by atoms with Gasteiger partial charge in [-0.05, 0) is 36.2 Å². The van der Waals surface area contributed by atoms with Gasteiger partial charge in [0, 0.05) is 72.1 Å². The molecule has 164 valence electrons. The van der Waals surface area contributed by atoms with E-state index in [0.717, 1.165) is 70.7 Å². The first-order chi connectivity index (χ1) is 14.2. The van der Waals surface area contributed by atoms with E-state index in [2.05, 4.69) is 66.6 Å². The monoisotopic (exact) mass is 541 g/mol. The van der Waals surface area contributed by atoms with Gasteiger partial charge in [-0.15, -0.1) is 35.3 Å². The molecule has 0 saturated carbocycles. The summed E-state index contributed by atoms with van der Waals surface area (Å²) in [5, 5.41) is 7.01. The first-order valence-electron chi connectivity index (χ1n) is 10.4. The standard InChI is InChI=1S/C21H31N7S.HI/c1-22-21(28-13-11-27(12-14-28)20-4-3-15-29-20)24-17-18-5-6-19(23-16-18)26-9-7-25(2)8-10-26;/h3-6,15-16H,7-14,17H2,1-2H3,(H,22,24);1H. The second kappa shape index (κ2) is 11.1. The molecule has 4 heterocycles. The molecule has 0 amide bonds. The topological polar surface area (TPSA) is 50.2 Å². The maximum Gasteiger partial charge on any atom is 0.194 e. The molecule has 0 atom stereocenters. The highest BCUT2D eigenvalue weighted by atomic mass is 127. The molecule has 0 unspecified atom stereocenters. The predicted molar refractivity (Wildman–Crippen MR) is 138 cm³/mol. The van der Waals surface area contributed by atoms with Crippen LogP contribution in [0.2, 0.25) is 0 Å². The largest absolute Gasteiger partial charge is 0.360 e. The molecule has 9 heteroatoms. The van der Waals surface area contributed by atoms with Gasteiger partial charge in [0.1, 0.15) is 5.82 Å². The minimum atomic E-state index is 0. The number of hydrogen-bond donors (Lipinski definition) is 1. The van der Waals surface area contributed by atoms with Crippen LogP contribution >= 0.6 is 35.3 Å². The average Bonchev–Trinajstić information content (AvgIpc) is 3.31. The summed E-state index contributed by atoms with van der Waals surface area (Å²) in [4.78, 5) is 18.7. The Bertz CT molecular complexity index is 780. The van der Waals surface area contributed by atoms with Gasteiger partial charge in [0.25, 0.3) is 0 Å². The Labute approximate surface area is 200 Å². The van der Waals surface area contributed by atoms with E-state index in [1.54, 1.807) is 0 Å². The number of hydrogen-bond acceptors (Lipinski definition) is 6. The van der Waals surface area contributed by atoms with Crippen molar-refractivity contribution in [2.75, 3.05) is 76.3 Å². The van der Waals surface area contributed by atoms with Gasteiger partial charge in [-0.25, -0.2) is 4.98 Å².